The molecule has 0 unspecified atom stereocenters. The van der Waals surface area contributed by atoms with Crippen LogP contribution in [-0.4, -0.2) is 72.2 Å². The van der Waals surface area contributed by atoms with Crippen molar-refractivity contribution in [2.24, 2.45) is 0 Å². The van der Waals surface area contributed by atoms with E-state index < -0.39 is 0 Å². The van der Waals surface area contributed by atoms with Crippen molar-refractivity contribution in [3.05, 3.63) is 53.1 Å². The number of hydrogen-bond acceptors (Lipinski definition) is 6. The van der Waals surface area contributed by atoms with Crippen LogP contribution in [0.5, 0.6) is 5.75 Å². The van der Waals surface area contributed by atoms with E-state index in [1.54, 1.807) is 14.1 Å². The Balaban J connectivity index is 1.93. The van der Waals surface area contributed by atoms with Gasteiger partial charge < -0.3 is 29.6 Å². The Bertz CT molecular complexity index is 886. The molecular weight excluding hydrogens is 460 g/mol. The van der Waals surface area contributed by atoms with E-state index in [1.165, 1.54) is 11.1 Å². The van der Waals surface area contributed by atoms with Gasteiger partial charge in [0.1, 0.15) is 19.0 Å². The number of rotatable bonds is 17. The van der Waals surface area contributed by atoms with Crippen LogP contribution in [0.15, 0.2) is 36.4 Å². The lowest BCUT2D eigenvalue weighted by Crippen LogP contribution is -2.24. The highest BCUT2D eigenvalue weighted by Gasteiger charge is 2.12. The Morgan fingerprint density at radius 2 is 1.36 bits per heavy atom. The van der Waals surface area contributed by atoms with E-state index in [4.69, 9.17) is 18.9 Å². The average Bonchev–Trinajstić information content (AvgIpc) is 2.88. The molecule has 0 spiro atoms. The molecule has 0 aliphatic carbocycles. The van der Waals surface area contributed by atoms with Crippen LogP contribution in [0.4, 0.5) is 0 Å². The van der Waals surface area contributed by atoms with Crippen LogP contribution in [0, 0.1) is 13.8 Å². The summed E-state index contributed by atoms with van der Waals surface area (Å²) in [6, 6.07) is 12.6. The molecule has 0 aromatic heterocycles. The van der Waals surface area contributed by atoms with E-state index in [-0.39, 0.29) is 18.4 Å². The number of amides is 2. The number of carbonyl (C=O) groups excluding carboxylic acids is 2. The zero-order valence-electron chi connectivity index (χ0n) is 22.0. The van der Waals surface area contributed by atoms with Gasteiger partial charge in [0.05, 0.1) is 26.4 Å². The second kappa shape index (κ2) is 16.7. The number of benzene rings is 2. The average molecular weight is 501 g/mol. The van der Waals surface area contributed by atoms with Gasteiger partial charge in [0.25, 0.3) is 0 Å². The number of likely N-dealkylation sites (N-methyl/N-ethyl adjacent to an activating group) is 1. The Kier molecular flexibility index (Phi) is 13.6. The molecule has 2 N–H and O–H groups in total. The molecule has 8 nitrogen and oxygen atoms in total. The van der Waals surface area contributed by atoms with E-state index in [9.17, 15) is 9.59 Å². The minimum Gasteiger partial charge on any atom is -0.491 e. The first-order chi connectivity index (χ1) is 17.4. The van der Waals surface area contributed by atoms with E-state index in [1.807, 2.05) is 12.1 Å². The third-order valence-corrected chi connectivity index (χ3v) is 5.55. The van der Waals surface area contributed by atoms with Crippen molar-refractivity contribution in [1.82, 2.24) is 10.6 Å². The number of aryl methyl sites for hydroxylation is 2. The fourth-order valence-corrected chi connectivity index (χ4v) is 3.55. The molecular formula is C28H40N2O6. The minimum absolute atomic E-state index is 0.0212. The first-order valence-corrected chi connectivity index (χ1v) is 12.4. The monoisotopic (exact) mass is 500 g/mol. The largest absolute Gasteiger partial charge is 0.491 e. The lowest BCUT2D eigenvalue weighted by atomic mass is 9.94. The van der Waals surface area contributed by atoms with Crippen molar-refractivity contribution in [3.63, 3.8) is 0 Å². The standard InChI is InChI=1S/C28H40N2O6/c1-21-7-9-23(11-13-34-14-15-35-20-28(32)30-4)24(18-21)25-19-22(2)8-10-26(25)36-17-16-33-12-5-6-27(31)29-3/h7-10,18-19H,5-6,11-17,20H2,1-4H3,(H,29,31)(H,30,32). The normalized spacial score (nSPS) is 10.8. The second-order valence-electron chi connectivity index (χ2n) is 8.49. The summed E-state index contributed by atoms with van der Waals surface area (Å²) in [7, 11) is 3.22. The van der Waals surface area contributed by atoms with Crippen LogP contribution in [0.2, 0.25) is 0 Å². The van der Waals surface area contributed by atoms with Gasteiger partial charge in [-0.3, -0.25) is 9.59 Å². The fraction of sp³-hybridized carbons (Fsp3) is 0.500. The van der Waals surface area contributed by atoms with Crippen molar-refractivity contribution in [2.75, 3.05) is 60.3 Å². The van der Waals surface area contributed by atoms with Crippen LogP contribution in [-0.2, 0) is 30.2 Å². The molecule has 0 aliphatic rings. The molecule has 2 aromatic rings. The summed E-state index contributed by atoms with van der Waals surface area (Å²) >= 11 is 0. The lowest BCUT2D eigenvalue weighted by Gasteiger charge is -2.17. The maximum Gasteiger partial charge on any atom is 0.245 e. The maximum atomic E-state index is 11.3. The number of carbonyl (C=O) groups is 2. The molecule has 198 valence electrons. The summed E-state index contributed by atoms with van der Waals surface area (Å²) < 4.78 is 22.7. The van der Waals surface area contributed by atoms with Crippen molar-refractivity contribution < 1.29 is 28.5 Å². The quantitative estimate of drug-likeness (QED) is 0.324. The van der Waals surface area contributed by atoms with Gasteiger partial charge in [-0.05, 0) is 49.9 Å². The van der Waals surface area contributed by atoms with Gasteiger partial charge >= 0.3 is 0 Å². The topological polar surface area (TPSA) is 95.1 Å². The third-order valence-electron chi connectivity index (χ3n) is 5.55. The highest BCUT2D eigenvalue weighted by atomic mass is 16.5. The molecule has 0 heterocycles. The van der Waals surface area contributed by atoms with Gasteiger partial charge in [-0.25, -0.2) is 0 Å². The van der Waals surface area contributed by atoms with Gasteiger partial charge in [0.2, 0.25) is 11.8 Å². The molecule has 2 rings (SSSR count). The Hall–Kier alpha value is -2.94. The van der Waals surface area contributed by atoms with Gasteiger partial charge in [0, 0.05) is 32.7 Å². The highest BCUT2D eigenvalue weighted by molar-refractivity contribution is 5.77. The predicted molar refractivity (Wildman–Crippen MR) is 140 cm³/mol. The molecule has 36 heavy (non-hydrogen) atoms. The van der Waals surface area contributed by atoms with Crippen molar-refractivity contribution in [3.8, 4) is 16.9 Å². The Morgan fingerprint density at radius 1 is 0.722 bits per heavy atom. The summed E-state index contributed by atoms with van der Waals surface area (Å²) in [5.41, 5.74) is 5.67. The van der Waals surface area contributed by atoms with Gasteiger partial charge in [-0.1, -0.05) is 35.4 Å². The summed E-state index contributed by atoms with van der Waals surface area (Å²) in [6.45, 7) is 6.95. The number of nitrogens with one attached hydrogen (secondary N) is 2. The van der Waals surface area contributed by atoms with Crippen molar-refractivity contribution >= 4 is 11.8 Å². The predicted octanol–water partition coefficient (Wildman–Crippen LogP) is 3.21. The highest BCUT2D eigenvalue weighted by Crippen LogP contribution is 2.34. The van der Waals surface area contributed by atoms with Gasteiger partial charge in [-0.15, -0.1) is 0 Å². The summed E-state index contributed by atoms with van der Waals surface area (Å²) in [5.74, 6) is 0.681. The molecule has 0 atom stereocenters. The molecule has 0 fully saturated rings. The van der Waals surface area contributed by atoms with Crippen LogP contribution in [0.1, 0.15) is 29.5 Å². The van der Waals surface area contributed by atoms with E-state index >= 15 is 0 Å². The van der Waals surface area contributed by atoms with Crippen LogP contribution in [0.25, 0.3) is 11.1 Å². The first kappa shape index (κ1) is 29.3. The summed E-state index contributed by atoms with van der Waals surface area (Å²) in [5, 5.41) is 5.12. The molecule has 8 heteroatoms. The number of hydrogen-bond donors (Lipinski definition) is 2. The molecule has 0 saturated heterocycles. The smallest absolute Gasteiger partial charge is 0.245 e. The Morgan fingerprint density at radius 3 is 2.11 bits per heavy atom. The van der Waals surface area contributed by atoms with E-state index in [0.29, 0.717) is 52.5 Å². The van der Waals surface area contributed by atoms with E-state index in [0.717, 1.165) is 28.9 Å². The van der Waals surface area contributed by atoms with Crippen LogP contribution < -0.4 is 15.4 Å². The molecule has 2 aromatic carbocycles. The minimum atomic E-state index is -0.150. The van der Waals surface area contributed by atoms with E-state index in [2.05, 4.69) is 48.7 Å². The number of ether oxygens (including phenoxy) is 4. The summed E-state index contributed by atoms with van der Waals surface area (Å²) in [4.78, 5) is 22.5. The second-order valence-corrected chi connectivity index (χ2v) is 8.49. The molecule has 0 aliphatic heterocycles. The lowest BCUT2D eigenvalue weighted by molar-refractivity contribution is -0.125. The molecule has 0 saturated carbocycles. The third kappa shape index (κ3) is 10.8. The first-order valence-electron chi connectivity index (χ1n) is 12.4. The zero-order valence-corrected chi connectivity index (χ0v) is 22.0. The van der Waals surface area contributed by atoms with Crippen molar-refractivity contribution in [1.29, 1.82) is 0 Å². The van der Waals surface area contributed by atoms with Crippen LogP contribution in [0.3, 0.4) is 0 Å². The zero-order chi connectivity index (χ0) is 26.2. The molecule has 2 amide bonds. The van der Waals surface area contributed by atoms with Gasteiger partial charge in [-0.2, -0.15) is 0 Å². The fourth-order valence-electron chi connectivity index (χ4n) is 3.55. The SMILES string of the molecule is CNC(=O)CCCOCCOc1ccc(C)cc1-c1cc(C)ccc1CCOCCOCC(=O)NC. The van der Waals surface area contributed by atoms with Crippen molar-refractivity contribution in [2.45, 2.75) is 33.1 Å². The van der Waals surface area contributed by atoms with Gasteiger partial charge in [0.15, 0.2) is 0 Å². The summed E-state index contributed by atoms with van der Waals surface area (Å²) in [6.07, 6.45) is 1.89. The Labute approximate surface area is 214 Å². The van der Waals surface area contributed by atoms with Crippen LogP contribution >= 0.6 is 0 Å². The maximum absolute atomic E-state index is 11.3. The molecule has 0 bridgehead atoms. The molecule has 0 radical (unpaired) electrons.